The molecule has 0 aliphatic carbocycles. The van der Waals surface area contributed by atoms with Gasteiger partial charge in [-0.15, -0.1) is 0 Å². The third-order valence-corrected chi connectivity index (χ3v) is 3.49. The molecule has 4 rings (SSSR count). The number of rotatable bonds is 3. The number of fused-ring (bicyclic) bond motifs is 2. The van der Waals surface area contributed by atoms with E-state index in [1.54, 1.807) is 25.4 Å². The van der Waals surface area contributed by atoms with E-state index in [1.165, 1.54) is 0 Å². The molecule has 0 saturated carbocycles. The van der Waals surface area contributed by atoms with Crippen LogP contribution in [0, 0.1) is 0 Å². The first-order valence-corrected chi connectivity index (χ1v) is 6.83. The van der Waals surface area contributed by atoms with E-state index in [4.69, 9.17) is 0 Å². The maximum atomic E-state index is 13.0. The molecule has 0 amide bonds. The van der Waals surface area contributed by atoms with Crippen molar-refractivity contribution in [3.8, 4) is 11.4 Å². The summed E-state index contributed by atoms with van der Waals surface area (Å²) in [6.07, 6.45) is 0.211. The highest BCUT2D eigenvalue weighted by atomic mass is 19.3. The molecule has 2 N–H and O–H groups in total. The molecule has 0 saturated heterocycles. The molecule has 4 heterocycles. The van der Waals surface area contributed by atoms with Crippen LogP contribution in [0.2, 0.25) is 0 Å². The lowest BCUT2D eigenvalue weighted by molar-refractivity contribution is 0.143. The summed E-state index contributed by atoms with van der Waals surface area (Å²) in [4.78, 5) is 15.6. The largest absolute Gasteiger partial charge is 0.357 e. The number of nitrogens with one attached hydrogen (secondary N) is 2. The Balaban J connectivity index is 1.98. The van der Waals surface area contributed by atoms with E-state index >= 15 is 0 Å². The number of imidazole rings is 1. The van der Waals surface area contributed by atoms with Gasteiger partial charge < -0.3 is 10.3 Å². The number of alkyl halides is 2. The van der Waals surface area contributed by atoms with Crippen LogP contribution in [0.5, 0.6) is 0 Å². The summed E-state index contributed by atoms with van der Waals surface area (Å²) in [6, 6.07) is 5.15. The van der Waals surface area contributed by atoms with E-state index in [9.17, 15) is 8.78 Å². The molecule has 0 spiro atoms. The normalized spacial score (nSPS) is 11.7. The van der Waals surface area contributed by atoms with Crippen molar-refractivity contribution in [1.29, 1.82) is 0 Å². The third-order valence-electron chi connectivity index (χ3n) is 3.49. The van der Waals surface area contributed by atoms with Crippen LogP contribution in [-0.2, 0) is 0 Å². The van der Waals surface area contributed by atoms with Crippen LogP contribution in [0.1, 0.15) is 12.1 Å². The standard InChI is InChI=1S/C14H11F2N7/c1-17-14-20-11(7-4-5-18-13(7)21-14)8-2-3-10-19-6-9(12(15)16)23(10)22-8/h2-6,12H,1H3,(H2,17,18,20,21). The summed E-state index contributed by atoms with van der Waals surface area (Å²) < 4.78 is 27.2. The zero-order valence-electron chi connectivity index (χ0n) is 12.0. The average Bonchev–Trinajstić information content (AvgIpc) is 3.19. The van der Waals surface area contributed by atoms with E-state index < -0.39 is 6.43 Å². The van der Waals surface area contributed by atoms with E-state index in [0.29, 0.717) is 28.6 Å². The first-order chi connectivity index (χ1) is 11.2. The molecule has 0 aliphatic heterocycles. The monoisotopic (exact) mass is 315 g/mol. The molecule has 0 atom stereocenters. The van der Waals surface area contributed by atoms with Gasteiger partial charge in [0.25, 0.3) is 6.43 Å². The summed E-state index contributed by atoms with van der Waals surface area (Å²) >= 11 is 0. The molecule has 9 heteroatoms. The van der Waals surface area contributed by atoms with Gasteiger partial charge >= 0.3 is 0 Å². The third kappa shape index (κ3) is 2.08. The lowest BCUT2D eigenvalue weighted by atomic mass is 10.2. The average molecular weight is 315 g/mol. The fourth-order valence-electron chi connectivity index (χ4n) is 2.41. The minimum Gasteiger partial charge on any atom is -0.357 e. The van der Waals surface area contributed by atoms with Crippen molar-refractivity contribution in [2.45, 2.75) is 6.43 Å². The summed E-state index contributed by atoms with van der Waals surface area (Å²) in [5, 5.41) is 7.90. The SMILES string of the molecule is CNc1nc(-c2ccc3ncc(C(F)F)n3n2)c2cc[nH]c2n1. The fraction of sp³-hybridized carbons (Fsp3) is 0.143. The molecule has 4 aromatic rings. The Kier molecular flexibility index (Phi) is 2.93. The highest BCUT2D eigenvalue weighted by Crippen LogP contribution is 2.26. The second kappa shape index (κ2) is 4.97. The maximum absolute atomic E-state index is 13.0. The van der Waals surface area contributed by atoms with Gasteiger partial charge in [-0.2, -0.15) is 10.1 Å². The lowest BCUT2D eigenvalue weighted by Gasteiger charge is -2.06. The van der Waals surface area contributed by atoms with E-state index in [0.717, 1.165) is 16.1 Å². The van der Waals surface area contributed by atoms with Gasteiger partial charge in [-0.3, -0.25) is 0 Å². The van der Waals surface area contributed by atoms with Crippen LogP contribution < -0.4 is 5.32 Å². The van der Waals surface area contributed by atoms with Crippen LogP contribution >= 0.6 is 0 Å². The molecule has 0 bridgehead atoms. The number of anilines is 1. The smallest absolute Gasteiger partial charge is 0.282 e. The Bertz CT molecular complexity index is 1000. The predicted molar refractivity (Wildman–Crippen MR) is 80.4 cm³/mol. The predicted octanol–water partition coefficient (Wildman–Crippen LogP) is 2.65. The van der Waals surface area contributed by atoms with Crippen molar-refractivity contribution < 1.29 is 8.78 Å². The first kappa shape index (κ1) is 13.6. The number of nitrogens with zero attached hydrogens (tertiary/aromatic N) is 5. The van der Waals surface area contributed by atoms with Gasteiger partial charge in [0.1, 0.15) is 22.7 Å². The highest BCUT2D eigenvalue weighted by molar-refractivity contribution is 5.90. The van der Waals surface area contributed by atoms with Crippen molar-refractivity contribution in [3.05, 3.63) is 36.3 Å². The van der Waals surface area contributed by atoms with Gasteiger partial charge in [0.05, 0.1) is 6.20 Å². The summed E-state index contributed by atoms with van der Waals surface area (Å²) in [5.74, 6) is 0.413. The van der Waals surface area contributed by atoms with Crippen molar-refractivity contribution in [2.75, 3.05) is 12.4 Å². The van der Waals surface area contributed by atoms with Crippen LogP contribution in [0.4, 0.5) is 14.7 Å². The number of halogens is 2. The number of H-pyrrole nitrogens is 1. The number of hydrogen-bond donors (Lipinski definition) is 2. The Morgan fingerprint density at radius 3 is 2.87 bits per heavy atom. The molecule has 4 aromatic heterocycles. The maximum Gasteiger partial charge on any atom is 0.282 e. The second-order valence-electron chi connectivity index (χ2n) is 4.86. The van der Waals surface area contributed by atoms with Crippen molar-refractivity contribution in [1.82, 2.24) is 29.5 Å². The van der Waals surface area contributed by atoms with Crippen molar-refractivity contribution >= 4 is 22.6 Å². The quantitative estimate of drug-likeness (QED) is 0.607. The zero-order valence-corrected chi connectivity index (χ0v) is 12.0. The molecular formula is C14H11F2N7. The number of hydrogen-bond acceptors (Lipinski definition) is 5. The molecule has 0 radical (unpaired) electrons. The highest BCUT2D eigenvalue weighted by Gasteiger charge is 2.17. The number of aromatic amines is 1. The molecule has 0 aromatic carbocycles. The fourth-order valence-corrected chi connectivity index (χ4v) is 2.41. The lowest BCUT2D eigenvalue weighted by Crippen LogP contribution is -2.03. The van der Waals surface area contributed by atoms with Gasteiger partial charge in [-0.1, -0.05) is 0 Å². The van der Waals surface area contributed by atoms with Gasteiger partial charge in [0.15, 0.2) is 5.65 Å². The summed E-state index contributed by atoms with van der Waals surface area (Å²) in [7, 11) is 1.70. The summed E-state index contributed by atoms with van der Waals surface area (Å²) in [6.45, 7) is 0. The molecule has 23 heavy (non-hydrogen) atoms. The van der Waals surface area contributed by atoms with Crippen molar-refractivity contribution in [3.63, 3.8) is 0 Å². The molecule has 0 unspecified atom stereocenters. The Morgan fingerprint density at radius 2 is 2.09 bits per heavy atom. The molecule has 116 valence electrons. The minimum atomic E-state index is -2.65. The Labute approximate surface area is 128 Å². The van der Waals surface area contributed by atoms with Gasteiger partial charge in [0, 0.05) is 18.6 Å². The minimum absolute atomic E-state index is 0.255. The van der Waals surface area contributed by atoms with Crippen LogP contribution in [0.3, 0.4) is 0 Å². The van der Waals surface area contributed by atoms with Crippen LogP contribution in [-0.4, -0.2) is 36.6 Å². The second-order valence-corrected chi connectivity index (χ2v) is 4.86. The topological polar surface area (TPSA) is 83.8 Å². The Hall–Kier alpha value is -3.10. The molecule has 7 nitrogen and oxygen atoms in total. The Morgan fingerprint density at radius 1 is 1.22 bits per heavy atom. The van der Waals surface area contributed by atoms with Crippen LogP contribution in [0.25, 0.3) is 28.1 Å². The summed E-state index contributed by atoms with van der Waals surface area (Å²) in [5.41, 5.74) is 1.76. The molecule has 0 aliphatic rings. The van der Waals surface area contributed by atoms with Crippen LogP contribution in [0.15, 0.2) is 30.6 Å². The van der Waals surface area contributed by atoms with Gasteiger partial charge in [-0.25, -0.2) is 23.3 Å². The first-order valence-electron chi connectivity index (χ1n) is 6.83. The van der Waals surface area contributed by atoms with Gasteiger partial charge in [0.2, 0.25) is 5.95 Å². The number of aromatic nitrogens is 6. The van der Waals surface area contributed by atoms with E-state index in [2.05, 4.69) is 30.4 Å². The van der Waals surface area contributed by atoms with E-state index in [-0.39, 0.29) is 5.69 Å². The molecular weight excluding hydrogens is 304 g/mol. The molecule has 0 fully saturated rings. The van der Waals surface area contributed by atoms with Gasteiger partial charge in [-0.05, 0) is 18.2 Å². The van der Waals surface area contributed by atoms with E-state index in [1.807, 2.05) is 6.07 Å². The van der Waals surface area contributed by atoms with Crippen molar-refractivity contribution in [2.24, 2.45) is 0 Å². The zero-order chi connectivity index (χ0) is 16.0.